The van der Waals surface area contributed by atoms with Crippen molar-refractivity contribution < 1.29 is 0 Å². The molecule has 1 nitrogen and oxygen atoms in total. The molecule has 1 aliphatic rings. The lowest BCUT2D eigenvalue weighted by Crippen LogP contribution is -2.07. The van der Waals surface area contributed by atoms with E-state index in [1.165, 1.54) is 42.6 Å². The van der Waals surface area contributed by atoms with E-state index in [-0.39, 0.29) is 0 Å². The number of anilines is 1. The SMILES string of the molecule is CCc1ccc(SC2CCCCC2)cc1N. The van der Waals surface area contributed by atoms with E-state index in [1.807, 2.05) is 11.8 Å². The molecule has 0 radical (unpaired) electrons. The lowest BCUT2D eigenvalue weighted by Gasteiger charge is -2.21. The van der Waals surface area contributed by atoms with Crippen LogP contribution in [-0.2, 0) is 6.42 Å². The molecule has 16 heavy (non-hydrogen) atoms. The smallest absolute Gasteiger partial charge is 0.0357 e. The predicted molar refractivity (Wildman–Crippen MR) is 73.0 cm³/mol. The van der Waals surface area contributed by atoms with Crippen LogP contribution in [0.25, 0.3) is 0 Å². The summed E-state index contributed by atoms with van der Waals surface area (Å²) in [6.45, 7) is 2.15. The topological polar surface area (TPSA) is 26.0 Å². The van der Waals surface area contributed by atoms with E-state index < -0.39 is 0 Å². The van der Waals surface area contributed by atoms with E-state index in [0.717, 1.165) is 17.4 Å². The first-order valence-corrected chi connectivity index (χ1v) is 7.22. The molecule has 1 aromatic carbocycles. The molecule has 0 bridgehead atoms. The summed E-state index contributed by atoms with van der Waals surface area (Å²) >= 11 is 2.02. The summed E-state index contributed by atoms with van der Waals surface area (Å²) < 4.78 is 0. The molecule has 0 amide bonds. The molecule has 1 fully saturated rings. The summed E-state index contributed by atoms with van der Waals surface area (Å²) in [6.07, 6.45) is 8.01. The van der Waals surface area contributed by atoms with Crippen LogP contribution in [0.1, 0.15) is 44.6 Å². The summed E-state index contributed by atoms with van der Waals surface area (Å²) in [6, 6.07) is 6.56. The van der Waals surface area contributed by atoms with Crippen LogP contribution in [0.3, 0.4) is 0 Å². The Labute approximate surface area is 103 Å². The molecule has 0 unspecified atom stereocenters. The van der Waals surface area contributed by atoms with Gasteiger partial charge in [-0.2, -0.15) is 0 Å². The van der Waals surface area contributed by atoms with Gasteiger partial charge in [-0.1, -0.05) is 32.3 Å². The van der Waals surface area contributed by atoms with Crippen molar-refractivity contribution in [2.24, 2.45) is 0 Å². The molecule has 0 aromatic heterocycles. The van der Waals surface area contributed by atoms with E-state index in [0.29, 0.717) is 0 Å². The van der Waals surface area contributed by atoms with Crippen molar-refractivity contribution in [1.82, 2.24) is 0 Å². The molecule has 88 valence electrons. The molecule has 1 aliphatic carbocycles. The van der Waals surface area contributed by atoms with Crippen molar-refractivity contribution in [2.75, 3.05) is 5.73 Å². The van der Waals surface area contributed by atoms with E-state index >= 15 is 0 Å². The summed E-state index contributed by atoms with van der Waals surface area (Å²) in [5, 5.41) is 0.820. The van der Waals surface area contributed by atoms with Crippen molar-refractivity contribution in [1.29, 1.82) is 0 Å². The predicted octanol–water partition coefficient (Wildman–Crippen LogP) is 4.26. The molecule has 0 saturated heterocycles. The molecule has 0 spiro atoms. The molecule has 0 heterocycles. The van der Waals surface area contributed by atoms with Crippen molar-refractivity contribution in [3.63, 3.8) is 0 Å². The molecule has 2 heteroatoms. The third-order valence-corrected chi connectivity index (χ3v) is 4.68. The standard InChI is InChI=1S/C14H21NS/c1-2-11-8-9-13(10-14(11)15)16-12-6-4-3-5-7-12/h8-10,12H,2-7,15H2,1H3. The normalized spacial score (nSPS) is 17.6. The zero-order valence-electron chi connectivity index (χ0n) is 10.0. The number of thioether (sulfide) groups is 1. The van der Waals surface area contributed by atoms with E-state index in [9.17, 15) is 0 Å². The number of hydrogen-bond donors (Lipinski definition) is 1. The number of hydrogen-bond acceptors (Lipinski definition) is 2. The van der Waals surface area contributed by atoms with Crippen LogP contribution >= 0.6 is 11.8 Å². The van der Waals surface area contributed by atoms with Crippen LogP contribution in [0.4, 0.5) is 5.69 Å². The highest BCUT2D eigenvalue weighted by Crippen LogP contribution is 2.34. The van der Waals surface area contributed by atoms with Gasteiger partial charge in [0.15, 0.2) is 0 Å². The second-order valence-electron chi connectivity index (χ2n) is 4.59. The van der Waals surface area contributed by atoms with Crippen LogP contribution in [0.15, 0.2) is 23.1 Å². The van der Waals surface area contributed by atoms with Gasteiger partial charge < -0.3 is 5.73 Å². The first kappa shape index (κ1) is 11.8. The summed E-state index contributed by atoms with van der Waals surface area (Å²) in [7, 11) is 0. The van der Waals surface area contributed by atoms with Gasteiger partial charge in [-0.05, 0) is 37.0 Å². The summed E-state index contributed by atoms with van der Waals surface area (Å²) in [5.41, 5.74) is 8.26. The van der Waals surface area contributed by atoms with Crippen LogP contribution < -0.4 is 5.73 Å². The van der Waals surface area contributed by atoms with Gasteiger partial charge in [0, 0.05) is 15.8 Å². The van der Waals surface area contributed by atoms with Crippen molar-refractivity contribution in [2.45, 2.75) is 55.6 Å². The maximum Gasteiger partial charge on any atom is 0.0357 e. The minimum atomic E-state index is 0.820. The molecule has 0 aliphatic heterocycles. The van der Waals surface area contributed by atoms with Crippen molar-refractivity contribution >= 4 is 17.4 Å². The van der Waals surface area contributed by atoms with E-state index in [1.54, 1.807) is 0 Å². The van der Waals surface area contributed by atoms with Gasteiger partial charge >= 0.3 is 0 Å². The highest BCUT2D eigenvalue weighted by Gasteiger charge is 2.14. The highest BCUT2D eigenvalue weighted by molar-refractivity contribution is 8.00. The third kappa shape index (κ3) is 2.94. The summed E-state index contributed by atoms with van der Waals surface area (Å²) in [4.78, 5) is 1.35. The monoisotopic (exact) mass is 235 g/mol. The average Bonchev–Trinajstić information content (AvgIpc) is 2.31. The number of nitrogen functional groups attached to an aromatic ring is 1. The molecule has 2 N–H and O–H groups in total. The molecule has 1 aromatic rings. The van der Waals surface area contributed by atoms with Crippen LogP contribution in [-0.4, -0.2) is 5.25 Å². The Balaban J connectivity index is 2.01. The fraction of sp³-hybridized carbons (Fsp3) is 0.571. The lowest BCUT2D eigenvalue weighted by atomic mass is 10.0. The van der Waals surface area contributed by atoms with Crippen molar-refractivity contribution in [3.8, 4) is 0 Å². The highest BCUT2D eigenvalue weighted by atomic mass is 32.2. The lowest BCUT2D eigenvalue weighted by molar-refractivity contribution is 0.516. The van der Waals surface area contributed by atoms with E-state index in [2.05, 4.69) is 25.1 Å². The van der Waals surface area contributed by atoms with E-state index in [4.69, 9.17) is 5.73 Å². The van der Waals surface area contributed by atoms with Gasteiger partial charge in [0.25, 0.3) is 0 Å². The zero-order valence-corrected chi connectivity index (χ0v) is 10.9. The Bertz CT molecular complexity index is 343. The zero-order chi connectivity index (χ0) is 11.4. The molecule has 0 atom stereocenters. The minimum absolute atomic E-state index is 0.820. The average molecular weight is 235 g/mol. The number of benzene rings is 1. The fourth-order valence-electron chi connectivity index (χ4n) is 2.34. The minimum Gasteiger partial charge on any atom is -0.398 e. The second-order valence-corrected chi connectivity index (χ2v) is 5.97. The quantitative estimate of drug-likeness (QED) is 0.792. The Morgan fingerprint density at radius 1 is 1.25 bits per heavy atom. The number of aryl methyl sites for hydroxylation is 1. The summed E-state index contributed by atoms with van der Waals surface area (Å²) in [5.74, 6) is 0. The van der Waals surface area contributed by atoms with Gasteiger partial charge in [-0.25, -0.2) is 0 Å². The third-order valence-electron chi connectivity index (χ3n) is 3.35. The molecule has 1 saturated carbocycles. The van der Waals surface area contributed by atoms with Gasteiger partial charge in [0.2, 0.25) is 0 Å². The van der Waals surface area contributed by atoms with Crippen LogP contribution in [0.2, 0.25) is 0 Å². The fourth-order valence-corrected chi connectivity index (χ4v) is 3.64. The number of nitrogens with two attached hydrogens (primary N) is 1. The maximum absolute atomic E-state index is 6.02. The maximum atomic E-state index is 6.02. The Morgan fingerprint density at radius 2 is 2.00 bits per heavy atom. The van der Waals surface area contributed by atoms with Gasteiger partial charge in [-0.15, -0.1) is 11.8 Å². The van der Waals surface area contributed by atoms with Gasteiger partial charge in [0.05, 0.1) is 0 Å². The Hall–Kier alpha value is -0.630. The van der Waals surface area contributed by atoms with Gasteiger partial charge in [-0.3, -0.25) is 0 Å². The van der Waals surface area contributed by atoms with Gasteiger partial charge in [0.1, 0.15) is 0 Å². The molecular formula is C14H21NS. The number of rotatable bonds is 3. The molecule has 2 rings (SSSR count). The largest absolute Gasteiger partial charge is 0.398 e. The van der Waals surface area contributed by atoms with Crippen LogP contribution in [0, 0.1) is 0 Å². The van der Waals surface area contributed by atoms with Crippen molar-refractivity contribution in [3.05, 3.63) is 23.8 Å². The Kier molecular flexibility index (Phi) is 4.16. The first-order valence-electron chi connectivity index (χ1n) is 6.34. The second kappa shape index (κ2) is 5.62. The first-order chi connectivity index (χ1) is 7.79. The molecular weight excluding hydrogens is 214 g/mol. The Morgan fingerprint density at radius 3 is 2.62 bits per heavy atom. The van der Waals surface area contributed by atoms with Crippen LogP contribution in [0.5, 0.6) is 0 Å².